The van der Waals surface area contributed by atoms with Crippen molar-refractivity contribution >= 4 is 11.8 Å². The zero-order valence-electron chi connectivity index (χ0n) is 13.2. The summed E-state index contributed by atoms with van der Waals surface area (Å²) in [6, 6.07) is -0.0415. The van der Waals surface area contributed by atoms with Crippen LogP contribution in [0.1, 0.15) is 19.3 Å². The normalized spacial score (nSPS) is 26.4. The van der Waals surface area contributed by atoms with E-state index < -0.39 is 0 Å². The first-order valence-electron chi connectivity index (χ1n) is 7.95. The Morgan fingerprint density at radius 3 is 3.05 bits per heavy atom. The van der Waals surface area contributed by atoms with Gasteiger partial charge in [0.15, 0.2) is 0 Å². The van der Waals surface area contributed by atoms with Crippen LogP contribution in [0.5, 0.6) is 0 Å². The molecule has 2 rings (SSSR count). The van der Waals surface area contributed by atoms with Gasteiger partial charge >= 0.3 is 0 Å². The van der Waals surface area contributed by atoms with E-state index in [0.29, 0.717) is 39.5 Å². The molecule has 1 N–H and O–H groups in total. The molecule has 1 aliphatic heterocycles. The van der Waals surface area contributed by atoms with Crippen LogP contribution in [0, 0.1) is 5.92 Å². The Morgan fingerprint density at radius 1 is 1.36 bits per heavy atom. The summed E-state index contributed by atoms with van der Waals surface area (Å²) in [5, 5.41) is 2.89. The van der Waals surface area contributed by atoms with Crippen molar-refractivity contribution < 1.29 is 23.8 Å². The van der Waals surface area contributed by atoms with Gasteiger partial charge in [-0.1, -0.05) is 6.42 Å². The molecule has 0 spiro atoms. The predicted octanol–water partition coefficient (Wildman–Crippen LogP) is -0.207. The molecule has 7 nitrogen and oxygen atoms in total. The van der Waals surface area contributed by atoms with Gasteiger partial charge in [-0.05, 0) is 12.8 Å². The van der Waals surface area contributed by atoms with Gasteiger partial charge in [0, 0.05) is 26.2 Å². The summed E-state index contributed by atoms with van der Waals surface area (Å²) < 4.78 is 15.7. The second-order valence-electron chi connectivity index (χ2n) is 5.64. The number of amides is 2. The monoisotopic (exact) mass is 314 g/mol. The third-order valence-corrected chi connectivity index (χ3v) is 4.22. The summed E-state index contributed by atoms with van der Waals surface area (Å²) in [5.41, 5.74) is 0. The molecular formula is C15H26N2O5. The molecule has 2 amide bonds. The topological polar surface area (TPSA) is 77.1 Å². The van der Waals surface area contributed by atoms with Gasteiger partial charge in [-0.25, -0.2) is 0 Å². The van der Waals surface area contributed by atoms with Crippen LogP contribution < -0.4 is 5.32 Å². The average molecular weight is 314 g/mol. The van der Waals surface area contributed by atoms with Crippen molar-refractivity contribution in [2.75, 3.05) is 53.2 Å². The third-order valence-electron chi connectivity index (χ3n) is 4.22. The highest BCUT2D eigenvalue weighted by Crippen LogP contribution is 2.30. The summed E-state index contributed by atoms with van der Waals surface area (Å²) in [6.45, 7) is 2.90. The number of hydrogen-bond donors (Lipinski definition) is 1. The maximum Gasteiger partial charge on any atom is 0.248 e. The molecule has 2 atom stereocenters. The van der Waals surface area contributed by atoms with E-state index in [1.807, 2.05) is 0 Å². The van der Waals surface area contributed by atoms with Crippen LogP contribution >= 0.6 is 0 Å². The fourth-order valence-electron chi connectivity index (χ4n) is 3.12. The van der Waals surface area contributed by atoms with Gasteiger partial charge in [-0.15, -0.1) is 0 Å². The van der Waals surface area contributed by atoms with Gasteiger partial charge in [-0.3, -0.25) is 9.59 Å². The first-order valence-corrected chi connectivity index (χ1v) is 7.95. The number of carbonyl (C=O) groups excluding carboxylic acids is 2. The van der Waals surface area contributed by atoms with Gasteiger partial charge in [0.25, 0.3) is 0 Å². The third kappa shape index (κ3) is 4.66. The van der Waals surface area contributed by atoms with Crippen LogP contribution in [0.15, 0.2) is 0 Å². The highest BCUT2D eigenvalue weighted by Gasteiger charge is 2.38. The molecule has 1 saturated carbocycles. The van der Waals surface area contributed by atoms with Crippen molar-refractivity contribution in [2.24, 2.45) is 5.92 Å². The van der Waals surface area contributed by atoms with Gasteiger partial charge in [-0.2, -0.15) is 0 Å². The quantitative estimate of drug-likeness (QED) is 0.711. The highest BCUT2D eigenvalue weighted by atomic mass is 16.5. The van der Waals surface area contributed by atoms with Crippen LogP contribution in [0.4, 0.5) is 0 Å². The molecule has 126 valence electrons. The van der Waals surface area contributed by atoms with Crippen LogP contribution in [-0.2, 0) is 23.8 Å². The predicted molar refractivity (Wildman–Crippen MR) is 79.4 cm³/mol. The van der Waals surface area contributed by atoms with Crippen molar-refractivity contribution in [3.63, 3.8) is 0 Å². The Bertz CT molecular complexity index is 377. The lowest BCUT2D eigenvalue weighted by Crippen LogP contribution is -2.50. The number of hydrogen-bond acceptors (Lipinski definition) is 5. The van der Waals surface area contributed by atoms with Gasteiger partial charge in [0.2, 0.25) is 11.8 Å². The number of rotatable bonds is 5. The molecular weight excluding hydrogens is 288 g/mol. The largest absolute Gasteiger partial charge is 0.382 e. The first-order chi connectivity index (χ1) is 10.7. The molecule has 2 fully saturated rings. The lowest BCUT2D eigenvalue weighted by molar-refractivity contribution is -0.142. The molecule has 1 aliphatic carbocycles. The molecule has 22 heavy (non-hydrogen) atoms. The molecule has 2 aliphatic rings. The van der Waals surface area contributed by atoms with Gasteiger partial charge in [0.1, 0.15) is 6.61 Å². The number of ether oxygens (including phenoxy) is 3. The average Bonchev–Trinajstić information content (AvgIpc) is 2.99. The van der Waals surface area contributed by atoms with E-state index in [0.717, 1.165) is 19.3 Å². The molecule has 0 bridgehead atoms. The number of nitrogens with zero attached hydrogens (tertiary/aromatic N) is 1. The fraction of sp³-hybridized carbons (Fsp3) is 0.867. The van der Waals surface area contributed by atoms with Crippen molar-refractivity contribution in [1.82, 2.24) is 10.2 Å². The van der Waals surface area contributed by atoms with E-state index in [1.165, 1.54) is 0 Å². The Kier molecular flexibility index (Phi) is 7.08. The Labute approximate surface area is 131 Å². The first kappa shape index (κ1) is 17.2. The number of carbonyl (C=O) groups is 2. The minimum Gasteiger partial charge on any atom is -0.382 e. The minimum atomic E-state index is -0.110. The summed E-state index contributed by atoms with van der Waals surface area (Å²) in [5.74, 6) is -0.155. The molecule has 0 aromatic rings. The van der Waals surface area contributed by atoms with Crippen molar-refractivity contribution in [2.45, 2.75) is 25.3 Å². The zero-order chi connectivity index (χ0) is 15.8. The lowest BCUT2D eigenvalue weighted by atomic mass is 10.0. The fourth-order valence-corrected chi connectivity index (χ4v) is 3.12. The zero-order valence-corrected chi connectivity index (χ0v) is 13.2. The standard InChI is InChI=1S/C15H26N2O5/c1-20-9-10-22-11-14(18)17-6-8-21-7-5-16-15(19)12-3-2-4-13(12)17/h12-13H,2-11H2,1H3,(H,16,19)/t12-,13+/m1/s1. The number of fused-ring (bicyclic) bond motifs is 1. The summed E-state index contributed by atoms with van der Waals surface area (Å²) in [6.07, 6.45) is 2.67. The van der Waals surface area contributed by atoms with Gasteiger partial charge < -0.3 is 24.4 Å². The SMILES string of the molecule is COCCOCC(=O)N1CCOCCNC(=O)[C@@H]2CCC[C@@H]21. The van der Waals surface area contributed by atoms with Crippen LogP contribution in [0.2, 0.25) is 0 Å². The molecule has 1 saturated heterocycles. The molecule has 0 radical (unpaired) electrons. The smallest absolute Gasteiger partial charge is 0.248 e. The second kappa shape index (κ2) is 9.07. The van der Waals surface area contributed by atoms with Crippen LogP contribution in [0.25, 0.3) is 0 Å². The molecule has 0 aromatic carbocycles. The van der Waals surface area contributed by atoms with E-state index in [1.54, 1.807) is 12.0 Å². The number of nitrogens with one attached hydrogen (secondary N) is 1. The van der Waals surface area contributed by atoms with E-state index in [9.17, 15) is 9.59 Å². The molecule has 1 heterocycles. The van der Waals surface area contributed by atoms with Crippen LogP contribution in [-0.4, -0.2) is 76.0 Å². The Balaban J connectivity index is 1.97. The second-order valence-corrected chi connectivity index (χ2v) is 5.64. The Morgan fingerprint density at radius 2 is 2.23 bits per heavy atom. The van der Waals surface area contributed by atoms with Crippen molar-refractivity contribution in [3.8, 4) is 0 Å². The highest BCUT2D eigenvalue weighted by molar-refractivity contribution is 5.82. The van der Waals surface area contributed by atoms with Crippen molar-refractivity contribution in [3.05, 3.63) is 0 Å². The van der Waals surface area contributed by atoms with E-state index in [4.69, 9.17) is 14.2 Å². The van der Waals surface area contributed by atoms with Gasteiger partial charge in [0.05, 0.1) is 32.3 Å². The lowest BCUT2D eigenvalue weighted by Gasteiger charge is -2.33. The van der Waals surface area contributed by atoms with E-state index >= 15 is 0 Å². The summed E-state index contributed by atoms with van der Waals surface area (Å²) >= 11 is 0. The minimum absolute atomic E-state index is 0.0220. The molecule has 0 aromatic heterocycles. The van der Waals surface area contributed by atoms with Crippen molar-refractivity contribution in [1.29, 1.82) is 0 Å². The van der Waals surface area contributed by atoms with E-state index in [2.05, 4.69) is 5.32 Å². The maximum atomic E-state index is 12.4. The Hall–Kier alpha value is -1.18. The molecule has 7 heteroatoms. The summed E-state index contributed by atoms with van der Waals surface area (Å²) in [4.78, 5) is 26.4. The van der Waals surface area contributed by atoms with E-state index in [-0.39, 0.29) is 30.4 Å². The molecule has 0 unspecified atom stereocenters. The van der Waals surface area contributed by atoms with Crippen LogP contribution in [0.3, 0.4) is 0 Å². The number of methoxy groups -OCH3 is 1. The maximum absolute atomic E-state index is 12.4. The summed E-state index contributed by atoms with van der Waals surface area (Å²) in [7, 11) is 1.59.